The summed E-state index contributed by atoms with van der Waals surface area (Å²) in [6.45, 7) is 6.50. The van der Waals surface area contributed by atoms with Crippen LogP contribution in [-0.4, -0.2) is 48.8 Å². The molecule has 0 aromatic carbocycles. The highest BCUT2D eigenvalue weighted by Crippen LogP contribution is 1.99. The Morgan fingerprint density at radius 1 is 1.00 bits per heavy atom. The highest BCUT2D eigenvalue weighted by molar-refractivity contribution is 6.73. The predicted octanol–water partition coefficient (Wildman–Crippen LogP) is -2.84. The summed E-state index contributed by atoms with van der Waals surface area (Å²) in [5.41, 5.74) is 0. The molecule has 0 saturated heterocycles. The molecule has 4 nitrogen and oxygen atoms in total. The van der Waals surface area contributed by atoms with Crippen molar-refractivity contribution in [1.29, 1.82) is 0 Å². The molecule has 0 unspecified atom stereocenters. The smallest absolute Gasteiger partial charge is 0.286 e. The minimum Gasteiger partial charge on any atom is -0.449 e. The van der Waals surface area contributed by atoms with Crippen molar-refractivity contribution in [1.82, 2.24) is 0 Å². The van der Waals surface area contributed by atoms with Crippen molar-refractivity contribution >= 4 is 48.8 Å². The van der Waals surface area contributed by atoms with E-state index in [4.69, 9.17) is 16.5 Å². The predicted molar refractivity (Wildman–Crippen MR) is 63.3 cm³/mol. The minimum absolute atomic E-state index is 0.664. The molecule has 0 saturated carbocycles. The number of rotatable bonds is 7. The third-order valence-corrected chi connectivity index (χ3v) is 8.49. The quantitative estimate of drug-likeness (QED) is 0.364. The fourth-order valence-corrected chi connectivity index (χ4v) is 7.17. The third-order valence-electron chi connectivity index (χ3n) is 0.943. The molecular formula is C3H18O4Si5. The van der Waals surface area contributed by atoms with Crippen LogP contribution >= 0.6 is 0 Å². The third kappa shape index (κ3) is 10.9. The van der Waals surface area contributed by atoms with Crippen LogP contribution in [0.4, 0.5) is 0 Å². The van der Waals surface area contributed by atoms with Gasteiger partial charge in [-0.2, -0.15) is 0 Å². The maximum atomic E-state index is 5.60. The van der Waals surface area contributed by atoms with Crippen molar-refractivity contribution < 1.29 is 16.5 Å². The summed E-state index contributed by atoms with van der Waals surface area (Å²) >= 11 is 0. The SMILES string of the molecule is C[Si](C)(C)O[SiH2]O[SiH2]O[SiH2]O[SiH3]. The fraction of sp³-hybridized carbons (Fsp3) is 1.00. The van der Waals surface area contributed by atoms with Crippen LogP contribution in [0, 0.1) is 0 Å². The molecule has 0 spiro atoms. The first-order valence-corrected chi connectivity index (χ1v) is 11.5. The Bertz CT molecular complexity index is 105. The summed E-state index contributed by atoms with van der Waals surface area (Å²) in [6.07, 6.45) is 0. The second kappa shape index (κ2) is 7.34. The van der Waals surface area contributed by atoms with Crippen molar-refractivity contribution in [2.45, 2.75) is 19.6 Å². The average Bonchev–Trinajstić information content (AvgIpc) is 1.94. The van der Waals surface area contributed by atoms with Gasteiger partial charge in [-0.25, -0.2) is 0 Å². The van der Waals surface area contributed by atoms with Gasteiger partial charge in [0.2, 0.25) is 0 Å². The highest BCUT2D eigenvalue weighted by atomic mass is 28.4. The Hall–Kier alpha value is 0.924. The van der Waals surface area contributed by atoms with Crippen LogP contribution in [0.2, 0.25) is 19.6 Å². The molecule has 12 heavy (non-hydrogen) atoms. The van der Waals surface area contributed by atoms with Gasteiger partial charge in [-0.05, 0) is 19.6 Å². The summed E-state index contributed by atoms with van der Waals surface area (Å²) in [5, 5.41) is 0. The zero-order valence-corrected chi connectivity index (χ0v) is 15.5. The van der Waals surface area contributed by atoms with Gasteiger partial charge in [-0.1, -0.05) is 0 Å². The van der Waals surface area contributed by atoms with E-state index in [9.17, 15) is 0 Å². The molecule has 0 N–H and O–H groups in total. The van der Waals surface area contributed by atoms with Gasteiger partial charge in [0, 0.05) is 0 Å². The largest absolute Gasteiger partial charge is 0.449 e. The van der Waals surface area contributed by atoms with Crippen LogP contribution in [-0.2, 0) is 16.5 Å². The van der Waals surface area contributed by atoms with E-state index in [1.165, 1.54) is 0 Å². The molecule has 0 bridgehead atoms. The minimum atomic E-state index is -1.34. The van der Waals surface area contributed by atoms with E-state index in [1.807, 2.05) is 0 Å². The molecule has 0 heterocycles. The summed E-state index contributed by atoms with van der Waals surface area (Å²) in [4.78, 5) is 0. The van der Waals surface area contributed by atoms with Crippen molar-refractivity contribution in [3.8, 4) is 0 Å². The van der Waals surface area contributed by atoms with Crippen LogP contribution in [0.3, 0.4) is 0 Å². The topological polar surface area (TPSA) is 36.9 Å². The van der Waals surface area contributed by atoms with E-state index in [0.29, 0.717) is 0 Å². The highest BCUT2D eigenvalue weighted by Gasteiger charge is 2.12. The first-order valence-electron chi connectivity index (χ1n) is 3.84. The molecule has 74 valence electrons. The van der Waals surface area contributed by atoms with Crippen molar-refractivity contribution in [2.75, 3.05) is 0 Å². The zero-order chi connectivity index (χ0) is 9.45. The molecule has 0 aromatic heterocycles. The maximum absolute atomic E-state index is 5.60. The fourth-order valence-electron chi connectivity index (χ4n) is 0.429. The first kappa shape index (κ1) is 12.9. The van der Waals surface area contributed by atoms with Gasteiger partial charge < -0.3 is 16.5 Å². The van der Waals surface area contributed by atoms with E-state index < -0.39 is 38.3 Å². The van der Waals surface area contributed by atoms with Crippen LogP contribution in [0.5, 0.6) is 0 Å². The van der Waals surface area contributed by atoms with Crippen molar-refractivity contribution in [3.05, 3.63) is 0 Å². The lowest BCUT2D eigenvalue weighted by Gasteiger charge is -2.17. The van der Waals surface area contributed by atoms with Gasteiger partial charge in [0.05, 0.1) is 0 Å². The molecule has 0 fully saturated rings. The standard InChI is InChI=1S/C3H18O4Si5/c1-12(2,3)7-11-6-10-5-9-4-8/h9-11H2,1-3,8H3. The van der Waals surface area contributed by atoms with Crippen LogP contribution in [0.25, 0.3) is 0 Å². The average molecular weight is 259 g/mol. The monoisotopic (exact) mass is 258 g/mol. The van der Waals surface area contributed by atoms with Gasteiger partial charge in [0.1, 0.15) is 10.5 Å². The van der Waals surface area contributed by atoms with Crippen molar-refractivity contribution in [2.24, 2.45) is 0 Å². The second-order valence-electron chi connectivity index (χ2n) is 3.31. The molecule has 0 radical (unpaired) electrons. The van der Waals surface area contributed by atoms with Gasteiger partial charge in [-0.15, -0.1) is 0 Å². The Morgan fingerprint density at radius 2 is 1.58 bits per heavy atom. The van der Waals surface area contributed by atoms with Gasteiger partial charge in [0.25, 0.3) is 30.0 Å². The molecular weight excluding hydrogens is 240 g/mol. The Kier molecular flexibility index (Phi) is 7.91. The normalized spacial score (nSPS) is 15.2. The second-order valence-corrected chi connectivity index (χ2v) is 15.0. The van der Waals surface area contributed by atoms with Gasteiger partial charge >= 0.3 is 0 Å². The first-order chi connectivity index (χ1) is 5.56. The van der Waals surface area contributed by atoms with E-state index in [1.54, 1.807) is 0 Å². The van der Waals surface area contributed by atoms with Crippen molar-refractivity contribution in [3.63, 3.8) is 0 Å². The lowest BCUT2D eigenvalue weighted by atomic mass is 11.8. The maximum Gasteiger partial charge on any atom is 0.286 e. The van der Waals surface area contributed by atoms with E-state index >= 15 is 0 Å². The molecule has 0 aliphatic carbocycles. The molecule has 0 amide bonds. The summed E-state index contributed by atoms with van der Waals surface area (Å²) in [7, 11) is -2.70. The lowest BCUT2D eigenvalue weighted by Crippen LogP contribution is -2.29. The lowest BCUT2D eigenvalue weighted by molar-refractivity contribution is 0.401. The van der Waals surface area contributed by atoms with E-state index in [2.05, 4.69) is 19.6 Å². The van der Waals surface area contributed by atoms with E-state index in [0.717, 1.165) is 10.5 Å². The number of hydrogen-bond acceptors (Lipinski definition) is 4. The van der Waals surface area contributed by atoms with Crippen LogP contribution < -0.4 is 0 Å². The summed E-state index contributed by atoms with van der Waals surface area (Å²) in [5.74, 6) is 0. The van der Waals surface area contributed by atoms with E-state index in [-0.39, 0.29) is 0 Å². The van der Waals surface area contributed by atoms with Crippen LogP contribution in [0.1, 0.15) is 0 Å². The Labute approximate surface area is 85.2 Å². The Balaban J connectivity index is 3.01. The van der Waals surface area contributed by atoms with Crippen LogP contribution in [0.15, 0.2) is 0 Å². The van der Waals surface area contributed by atoms with Gasteiger partial charge in [-0.3, -0.25) is 0 Å². The summed E-state index contributed by atoms with van der Waals surface area (Å²) in [6, 6.07) is 0. The molecule has 0 aliphatic heterocycles. The number of hydrogen-bond donors (Lipinski definition) is 0. The molecule has 0 rings (SSSR count). The molecule has 0 atom stereocenters. The molecule has 9 heteroatoms. The summed E-state index contributed by atoms with van der Waals surface area (Å²) < 4.78 is 21.2. The molecule has 0 aliphatic rings. The Morgan fingerprint density at radius 3 is 2.08 bits per heavy atom. The van der Waals surface area contributed by atoms with Gasteiger partial charge in [0.15, 0.2) is 8.32 Å². The molecule has 0 aromatic rings. The zero-order valence-electron chi connectivity index (χ0n) is 8.25.